The van der Waals surface area contributed by atoms with E-state index in [9.17, 15) is 4.79 Å². The summed E-state index contributed by atoms with van der Waals surface area (Å²) in [6.45, 7) is 0. The van der Waals surface area contributed by atoms with Crippen LogP contribution in [0.3, 0.4) is 0 Å². The van der Waals surface area contributed by atoms with Crippen molar-refractivity contribution in [2.45, 2.75) is 12.5 Å². The first-order valence-corrected chi connectivity index (χ1v) is 11.2. The van der Waals surface area contributed by atoms with Crippen molar-refractivity contribution in [3.8, 4) is 17.2 Å². The zero-order valence-corrected chi connectivity index (χ0v) is 20.1. The Morgan fingerprint density at radius 1 is 1.03 bits per heavy atom. The highest BCUT2D eigenvalue weighted by molar-refractivity contribution is 6.30. The van der Waals surface area contributed by atoms with Crippen molar-refractivity contribution in [2.75, 3.05) is 21.3 Å². The van der Waals surface area contributed by atoms with Gasteiger partial charge in [0.15, 0.2) is 17.3 Å². The number of carbonyl (C=O) groups is 1. The molecule has 178 valence electrons. The van der Waals surface area contributed by atoms with Gasteiger partial charge in [-0.1, -0.05) is 11.6 Å². The Kier molecular flexibility index (Phi) is 6.05. The molecule has 0 fully saturated rings. The number of halogens is 1. The first-order valence-electron chi connectivity index (χ1n) is 10.8. The Labute approximate surface area is 206 Å². The van der Waals surface area contributed by atoms with Crippen molar-refractivity contribution >= 4 is 34.1 Å². The number of benzene rings is 2. The molecule has 0 aliphatic carbocycles. The van der Waals surface area contributed by atoms with E-state index in [1.54, 1.807) is 39.5 Å². The second kappa shape index (κ2) is 9.31. The SMILES string of the molecule is COc1ccc2cc([C@H]3CC(c4ccc(OC)c(OC)c4)=NN3C(=O)c3ccco3)c(Cl)nc2c1. The molecule has 1 amide bonds. The molecule has 2 aromatic carbocycles. The molecule has 8 nitrogen and oxygen atoms in total. The second-order valence-electron chi connectivity index (χ2n) is 7.89. The third-order valence-electron chi connectivity index (χ3n) is 5.93. The van der Waals surface area contributed by atoms with Crippen LogP contribution in [0.2, 0.25) is 5.15 Å². The number of ether oxygens (including phenoxy) is 3. The lowest BCUT2D eigenvalue weighted by Crippen LogP contribution is -2.27. The monoisotopic (exact) mass is 491 g/mol. The van der Waals surface area contributed by atoms with Crippen LogP contribution in [0.4, 0.5) is 0 Å². The summed E-state index contributed by atoms with van der Waals surface area (Å²) in [6, 6.07) is 15.8. The highest BCUT2D eigenvalue weighted by atomic mass is 35.5. The Morgan fingerprint density at radius 3 is 2.57 bits per heavy atom. The summed E-state index contributed by atoms with van der Waals surface area (Å²) in [7, 11) is 4.75. The first-order chi connectivity index (χ1) is 17.0. The van der Waals surface area contributed by atoms with Crippen molar-refractivity contribution in [3.05, 3.63) is 82.9 Å². The molecule has 1 atom stereocenters. The van der Waals surface area contributed by atoms with Gasteiger partial charge in [0, 0.05) is 29.0 Å². The number of carbonyl (C=O) groups excluding carboxylic acids is 1. The number of hydrogen-bond acceptors (Lipinski definition) is 7. The minimum atomic E-state index is -0.484. The summed E-state index contributed by atoms with van der Waals surface area (Å²) in [6.07, 6.45) is 1.88. The van der Waals surface area contributed by atoms with Crippen LogP contribution in [0.15, 0.2) is 70.4 Å². The summed E-state index contributed by atoms with van der Waals surface area (Å²) in [4.78, 5) is 17.9. The van der Waals surface area contributed by atoms with Crippen molar-refractivity contribution in [2.24, 2.45) is 5.10 Å². The first kappa shape index (κ1) is 22.7. The number of amides is 1. The summed E-state index contributed by atoms with van der Waals surface area (Å²) in [5, 5.41) is 7.25. The number of methoxy groups -OCH3 is 3. The van der Waals surface area contributed by atoms with Crippen LogP contribution in [0, 0.1) is 0 Å². The van der Waals surface area contributed by atoms with Gasteiger partial charge in [0.25, 0.3) is 0 Å². The van der Waals surface area contributed by atoms with Gasteiger partial charge in [-0.05, 0) is 48.5 Å². The molecule has 0 saturated heterocycles. The van der Waals surface area contributed by atoms with Crippen LogP contribution < -0.4 is 14.2 Å². The maximum atomic E-state index is 13.4. The number of aromatic nitrogens is 1. The maximum absolute atomic E-state index is 13.4. The van der Waals surface area contributed by atoms with Crippen molar-refractivity contribution in [1.29, 1.82) is 0 Å². The molecule has 0 saturated carbocycles. The molecular weight excluding hydrogens is 470 g/mol. The molecule has 0 radical (unpaired) electrons. The van der Waals surface area contributed by atoms with Gasteiger partial charge in [-0.2, -0.15) is 5.10 Å². The van der Waals surface area contributed by atoms with E-state index >= 15 is 0 Å². The van der Waals surface area contributed by atoms with E-state index in [4.69, 9.17) is 30.2 Å². The molecule has 3 heterocycles. The van der Waals surface area contributed by atoms with E-state index in [1.165, 1.54) is 11.3 Å². The zero-order chi connectivity index (χ0) is 24.5. The van der Waals surface area contributed by atoms with Gasteiger partial charge in [-0.3, -0.25) is 4.79 Å². The van der Waals surface area contributed by atoms with Gasteiger partial charge in [0.05, 0.1) is 44.9 Å². The van der Waals surface area contributed by atoms with E-state index < -0.39 is 6.04 Å². The van der Waals surface area contributed by atoms with Gasteiger partial charge < -0.3 is 18.6 Å². The lowest BCUT2D eigenvalue weighted by Gasteiger charge is -2.22. The van der Waals surface area contributed by atoms with Gasteiger partial charge >= 0.3 is 5.91 Å². The molecule has 5 rings (SSSR count). The molecule has 0 N–H and O–H groups in total. The van der Waals surface area contributed by atoms with Crippen molar-refractivity contribution in [3.63, 3.8) is 0 Å². The summed E-state index contributed by atoms with van der Waals surface area (Å²) in [5.41, 5.74) is 2.88. The topological polar surface area (TPSA) is 86.4 Å². The number of rotatable bonds is 6. The molecular formula is C26H22ClN3O5. The number of fused-ring (bicyclic) bond motifs is 1. The predicted molar refractivity (Wildman–Crippen MR) is 132 cm³/mol. The molecule has 0 bridgehead atoms. The van der Waals surface area contributed by atoms with E-state index in [0.717, 1.165) is 10.9 Å². The smallest absolute Gasteiger partial charge is 0.310 e. The van der Waals surface area contributed by atoms with E-state index in [-0.39, 0.29) is 16.8 Å². The quantitative estimate of drug-likeness (QED) is 0.331. The minimum Gasteiger partial charge on any atom is -0.497 e. The average molecular weight is 492 g/mol. The van der Waals surface area contributed by atoms with Crippen LogP contribution in [0.25, 0.3) is 10.9 Å². The van der Waals surface area contributed by atoms with Gasteiger partial charge in [0.2, 0.25) is 0 Å². The van der Waals surface area contributed by atoms with Gasteiger partial charge in [-0.15, -0.1) is 0 Å². The highest BCUT2D eigenvalue weighted by Gasteiger charge is 2.36. The van der Waals surface area contributed by atoms with Crippen molar-refractivity contribution < 1.29 is 23.4 Å². The number of hydrazone groups is 1. The average Bonchev–Trinajstić information content (AvgIpc) is 3.58. The Balaban J connectivity index is 1.58. The Morgan fingerprint density at radius 2 is 1.86 bits per heavy atom. The molecule has 2 aromatic heterocycles. The molecule has 9 heteroatoms. The normalized spacial score (nSPS) is 15.3. The van der Waals surface area contributed by atoms with Crippen LogP contribution in [-0.2, 0) is 0 Å². The van der Waals surface area contributed by atoms with Gasteiger partial charge in [-0.25, -0.2) is 9.99 Å². The zero-order valence-electron chi connectivity index (χ0n) is 19.3. The van der Waals surface area contributed by atoms with Gasteiger partial charge in [0.1, 0.15) is 10.9 Å². The fraction of sp³-hybridized carbons (Fsp3) is 0.192. The van der Waals surface area contributed by atoms with Crippen LogP contribution >= 0.6 is 11.6 Å². The fourth-order valence-electron chi connectivity index (χ4n) is 4.14. The van der Waals surface area contributed by atoms with Crippen molar-refractivity contribution in [1.82, 2.24) is 9.99 Å². The molecule has 0 spiro atoms. The largest absolute Gasteiger partial charge is 0.497 e. The van der Waals surface area contributed by atoms with Crippen LogP contribution in [-0.4, -0.2) is 42.9 Å². The summed E-state index contributed by atoms with van der Waals surface area (Å²) < 4.78 is 21.5. The number of pyridine rings is 1. The van der Waals surface area contributed by atoms with E-state index in [1.807, 2.05) is 36.4 Å². The molecule has 1 aliphatic rings. The number of nitrogens with zero attached hydrogens (tertiary/aromatic N) is 3. The maximum Gasteiger partial charge on any atom is 0.310 e. The van der Waals surface area contributed by atoms with Crippen LogP contribution in [0.1, 0.15) is 34.1 Å². The molecule has 0 unspecified atom stereocenters. The number of hydrogen-bond donors (Lipinski definition) is 0. The third kappa shape index (κ3) is 4.17. The molecule has 1 aliphatic heterocycles. The summed E-state index contributed by atoms with van der Waals surface area (Å²) in [5.74, 6) is 1.66. The standard InChI is InChI=1S/C26H22ClN3O5/c1-32-17-8-6-15-11-18(25(27)28-19(15)13-17)21-14-20(16-7-9-22(33-2)24(12-16)34-3)29-30(21)26(31)23-5-4-10-35-23/h4-13,21H,14H2,1-3H3/t21-/m1/s1. The van der Waals surface area contributed by atoms with Crippen LogP contribution in [0.5, 0.6) is 17.2 Å². The Bertz CT molecular complexity index is 1430. The summed E-state index contributed by atoms with van der Waals surface area (Å²) >= 11 is 6.65. The third-order valence-corrected chi connectivity index (χ3v) is 6.23. The molecule has 35 heavy (non-hydrogen) atoms. The molecule has 4 aromatic rings. The fourth-order valence-corrected chi connectivity index (χ4v) is 4.42. The lowest BCUT2D eigenvalue weighted by molar-refractivity contribution is 0.0678. The Hall–Kier alpha value is -4.04. The van der Waals surface area contributed by atoms with E-state index in [0.29, 0.717) is 40.5 Å². The predicted octanol–water partition coefficient (Wildman–Crippen LogP) is 5.50. The lowest BCUT2D eigenvalue weighted by atomic mass is 9.98. The number of furan rings is 1. The van der Waals surface area contributed by atoms with E-state index in [2.05, 4.69) is 10.1 Å². The second-order valence-corrected chi connectivity index (χ2v) is 8.25. The highest BCUT2D eigenvalue weighted by Crippen LogP contribution is 2.39. The minimum absolute atomic E-state index is 0.182.